The second-order valence-electron chi connectivity index (χ2n) is 7.49. The fourth-order valence-electron chi connectivity index (χ4n) is 3.11. The summed E-state index contributed by atoms with van der Waals surface area (Å²) in [6.45, 7) is 1.75. The average molecular weight is 538 g/mol. The second-order valence-corrected chi connectivity index (χ2v) is 9.17. The molecule has 0 aliphatic rings. The maximum absolute atomic E-state index is 13.0. The third-order valence-corrected chi connectivity index (χ3v) is 6.59. The van der Waals surface area contributed by atoms with Crippen LogP contribution in [0, 0.1) is 10.1 Å². The number of halogens is 4. The molecule has 3 rings (SSSR count). The average Bonchev–Trinajstić information content (AvgIpc) is 2.83. The first-order valence-electron chi connectivity index (χ1n) is 10.5. The number of hydrogen-bond acceptors (Lipinski definition) is 5. The van der Waals surface area contributed by atoms with E-state index in [1.165, 1.54) is 18.2 Å². The lowest BCUT2D eigenvalue weighted by Crippen LogP contribution is -2.25. The Morgan fingerprint density at radius 3 is 2.44 bits per heavy atom. The standard InChI is InChI=1S/C24H19ClF3N3O4S/c1-2-21(23(33)30-20-12-15(24(26,27)28)9-10-19(20)25)36-18-8-4-6-16(13-18)29-22(32)14-5-3-7-17(11-14)31(34)35/h3-13,21H,2H2,1H3,(H,29,32)(H,30,33). The van der Waals surface area contributed by atoms with Crippen molar-refractivity contribution < 1.29 is 27.7 Å². The Morgan fingerprint density at radius 1 is 1.06 bits per heavy atom. The molecule has 2 amide bonds. The number of nitrogens with zero attached hydrogens (tertiary/aromatic N) is 1. The van der Waals surface area contributed by atoms with Gasteiger partial charge in [-0.3, -0.25) is 19.7 Å². The molecule has 0 fully saturated rings. The minimum Gasteiger partial charge on any atom is -0.324 e. The Hall–Kier alpha value is -3.57. The summed E-state index contributed by atoms with van der Waals surface area (Å²) in [6.07, 6.45) is -4.23. The van der Waals surface area contributed by atoms with Gasteiger partial charge in [-0.25, -0.2) is 0 Å². The van der Waals surface area contributed by atoms with Crippen LogP contribution in [0.25, 0.3) is 0 Å². The predicted octanol–water partition coefficient (Wildman–Crippen LogP) is 7.03. The van der Waals surface area contributed by atoms with Gasteiger partial charge in [0.1, 0.15) is 0 Å². The van der Waals surface area contributed by atoms with Gasteiger partial charge in [0, 0.05) is 28.3 Å². The smallest absolute Gasteiger partial charge is 0.324 e. The molecule has 3 aromatic carbocycles. The third-order valence-electron chi connectivity index (χ3n) is 4.90. The predicted molar refractivity (Wildman–Crippen MR) is 133 cm³/mol. The Morgan fingerprint density at radius 2 is 1.78 bits per heavy atom. The Bertz CT molecular complexity index is 1300. The Labute approximate surface area is 213 Å². The summed E-state index contributed by atoms with van der Waals surface area (Å²) in [5.74, 6) is -1.08. The SMILES string of the molecule is CCC(Sc1cccc(NC(=O)c2cccc([N+](=O)[O-])c2)c1)C(=O)Nc1cc(C(F)(F)F)ccc1Cl. The molecule has 36 heavy (non-hydrogen) atoms. The number of anilines is 2. The van der Waals surface area contributed by atoms with Crippen molar-refractivity contribution in [3.05, 3.63) is 93.0 Å². The van der Waals surface area contributed by atoms with Gasteiger partial charge in [0.25, 0.3) is 11.6 Å². The van der Waals surface area contributed by atoms with Crippen LogP contribution in [0.2, 0.25) is 5.02 Å². The molecule has 0 saturated heterocycles. The number of hydrogen-bond donors (Lipinski definition) is 2. The lowest BCUT2D eigenvalue weighted by molar-refractivity contribution is -0.384. The van der Waals surface area contributed by atoms with Gasteiger partial charge in [-0.1, -0.05) is 30.7 Å². The fourth-order valence-corrected chi connectivity index (χ4v) is 4.29. The largest absolute Gasteiger partial charge is 0.416 e. The number of benzene rings is 3. The van der Waals surface area contributed by atoms with E-state index in [-0.39, 0.29) is 22.0 Å². The minimum absolute atomic E-state index is 0.0259. The molecule has 0 spiro atoms. The zero-order valence-electron chi connectivity index (χ0n) is 18.6. The van der Waals surface area contributed by atoms with Crippen molar-refractivity contribution in [2.24, 2.45) is 0 Å². The molecule has 2 N–H and O–H groups in total. The van der Waals surface area contributed by atoms with E-state index in [9.17, 15) is 32.9 Å². The number of amides is 2. The molecule has 0 radical (unpaired) electrons. The van der Waals surface area contributed by atoms with Crippen LogP contribution >= 0.6 is 23.4 Å². The maximum atomic E-state index is 13.0. The number of nitro groups is 1. The lowest BCUT2D eigenvalue weighted by atomic mass is 10.2. The molecule has 12 heteroatoms. The molecule has 0 saturated carbocycles. The van der Waals surface area contributed by atoms with Gasteiger partial charge in [-0.15, -0.1) is 11.8 Å². The minimum atomic E-state index is -4.58. The van der Waals surface area contributed by atoms with Crippen LogP contribution in [0.4, 0.5) is 30.2 Å². The molecule has 1 unspecified atom stereocenters. The van der Waals surface area contributed by atoms with Gasteiger partial charge in [0.05, 0.1) is 26.4 Å². The highest BCUT2D eigenvalue weighted by molar-refractivity contribution is 8.00. The first-order valence-corrected chi connectivity index (χ1v) is 11.7. The van der Waals surface area contributed by atoms with Crippen LogP contribution in [0.1, 0.15) is 29.3 Å². The molecule has 3 aromatic rings. The topological polar surface area (TPSA) is 101 Å². The fraction of sp³-hybridized carbons (Fsp3) is 0.167. The van der Waals surface area contributed by atoms with E-state index in [0.29, 0.717) is 17.0 Å². The number of thioether (sulfide) groups is 1. The van der Waals surface area contributed by atoms with Crippen LogP contribution in [0.15, 0.2) is 71.6 Å². The summed E-state index contributed by atoms with van der Waals surface area (Å²) in [5, 5.41) is 15.4. The molecule has 0 aliphatic carbocycles. The number of rotatable bonds is 8. The molecule has 0 heterocycles. The Kier molecular flexibility index (Phi) is 8.59. The first-order chi connectivity index (χ1) is 17.0. The van der Waals surface area contributed by atoms with Gasteiger partial charge < -0.3 is 10.6 Å². The number of non-ortho nitro benzene ring substituents is 1. The summed E-state index contributed by atoms with van der Waals surface area (Å²) in [7, 11) is 0. The molecular weight excluding hydrogens is 519 g/mol. The Balaban J connectivity index is 1.71. The van der Waals surface area contributed by atoms with E-state index in [2.05, 4.69) is 10.6 Å². The van der Waals surface area contributed by atoms with Gasteiger partial charge in [-0.2, -0.15) is 13.2 Å². The van der Waals surface area contributed by atoms with Crippen molar-refractivity contribution in [2.45, 2.75) is 29.7 Å². The molecular formula is C24H19ClF3N3O4S. The quantitative estimate of drug-likeness (QED) is 0.182. The van der Waals surface area contributed by atoms with Gasteiger partial charge in [0.15, 0.2) is 0 Å². The zero-order chi connectivity index (χ0) is 26.5. The van der Waals surface area contributed by atoms with Gasteiger partial charge in [-0.05, 0) is 48.9 Å². The monoisotopic (exact) mass is 537 g/mol. The van der Waals surface area contributed by atoms with E-state index in [1.54, 1.807) is 31.2 Å². The van der Waals surface area contributed by atoms with Crippen LogP contribution < -0.4 is 10.6 Å². The summed E-state index contributed by atoms with van der Waals surface area (Å²) < 4.78 is 39.1. The second kappa shape index (κ2) is 11.4. The van der Waals surface area contributed by atoms with Gasteiger partial charge >= 0.3 is 6.18 Å². The van der Waals surface area contributed by atoms with Crippen molar-refractivity contribution in [2.75, 3.05) is 10.6 Å². The molecule has 1 atom stereocenters. The normalized spacial score (nSPS) is 12.0. The maximum Gasteiger partial charge on any atom is 0.416 e. The highest BCUT2D eigenvalue weighted by Gasteiger charge is 2.31. The zero-order valence-corrected chi connectivity index (χ0v) is 20.2. The molecule has 188 valence electrons. The number of alkyl halides is 3. The highest BCUT2D eigenvalue weighted by Crippen LogP contribution is 2.35. The first kappa shape index (κ1) is 27.0. The third kappa shape index (κ3) is 6.98. The number of carbonyl (C=O) groups is 2. The van der Waals surface area contributed by atoms with Crippen LogP contribution in [0.3, 0.4) is 0 Å². The molecule has 0 aromatic heterocycles. The van der Waals surface area contributed by atoms with Crippen LogP contribution in [-0.4, -0.2) is 22.0 Å². The molecule has 0 bridgehead atoms. The molecule has 0 aliphatic heterocycles. The van der Waals surface area contributed by atoms with Crippen molar-refractivity contribution in [3.8, 4) is 0 Å². The summed E-state index contributed by atoms with van der Waals surface area (Å²) in [6, 6.07) is 14.6. The van der Waals surface area contributed by atoms with E-state index < -0.39 is 33.7 Å². The van der Waals surface area contributed by atoms with Crippen molar-refractivity contribution in [3.63, 3.8) is 0 Å². The number of nitrogens with one attached hydrogen (secondary N) is 2. The van der Waals surface area contributed by atoms with E-state index in [1.807, 2.05) is 0 Å². The molecule has 7 nitrogen and oxygen atoms in total. The van der Waals surface area contributed by atoms with E-state index in [4.69, 9.17) is 11.6 Å². The van der Waals surface area contributed by atoms with Crippen molar-refractivity contribution in [1.82, 2.24) is 0 Å². The highest BCUT2D eigenvalue weighted by atomic mass is 35.5. The number of nitro benzene ring substituents is 1. The van der Waals surface area contributed by atoms with Crippen molar-refractivity contribution in [1.29, 1.82) is 0 Å². The van der Waals surface area contributed by atoms with E-state index >= 15 is 0 Å². The summed E-state index contributed by atoms with van der Waals surface area (Å²) in [4.78, 5) is 36.3. The number of carbonyl (C=O) groups excluding carboxylic acids is 2. The summed E-state index contributed by atoms with van der Waals surface area (Å²) in [5.41, 5.74) is -0.799. The van der Waals surface area contributed by atoms with Crippen molar-refractivity contribution >= 4 is 52.2 Å². The van der Waals surface area contributed by atoms with Crippen LogP contribution in [0.5, 0.6) is 0 Å². The van der Waals surface area contributed by atoms with Gasteiger partial charge in [0.2, 0.25) is 5.91 Å². The summed E-state index contributed by atoms with van der Waals surface area (Å²) >= 11 is 7.14. The lowest BCUT2D eigenvalue weighted by Gasteiger charge is -2.17. The van der Waals surface area contributed by atoms with Crippen LogP contribution in [-0.2, 0) is 11.0 Å². The van der Waals surface area contributed by atoms with E-state index in [0.717, 1.165) is 36.0 Å².